The van der Waals surface area contributed by atoms with Gasteiger partial charge in [-0.25, -0.2) is 9.18 Å². The maximum Gasteiger partial charge on any atom is 0.337 e. The summed E-state index contributed by atoms with van der Waals surface area (Å²) >= 11 is 2.18. The number of rotatable bonds is 4. The molecule has 0 aromatic heterocycles. The van der Waals surface area contributed by atoms with Gasteiger partial charge in [-0.3, -0.25) is 0 Å². The Morgan fingerprint density at radius 2 is 2.00 bits per heavy atom. The molecular weight excluding hydrogens is 396 g/mol. The van der Waals surface area contributed by atoms with E-state index in [0.29, 0.717) is 43.8 Å². The third kappa shape index (κ3) is 4.21. The van der Waals surface area contributed by atoms with Crippen LogP contribution in [0.25, 0.3) is 0 Å². The zero-order valence-corrected chi connectivity index (χ0v) is 15.1. The molecule has 1 aromatic rings. The molecule has 0 atom stereocenters. The van der Waals surface area contributed by atoms with Crippen LogP contribution < -0.4 is 4.90 Å². The molecule has 0 spiro atoms. The first kappa shape index (κ1) is 17.2. The largest absolute Gasteiger partial charge is 0.478 e. The topological polar surface area (TPSA) is 40.5 Å². The fraction of sp³-hybridized carbons (Fsp3) is 0.471. The molecule has 1 aliphatic rings. The van der Waals surface area contributed by atoms with Crippen LogP contribution in [0.5, 0.6) is 0 Å². The second-order valence-electron chi connectivity index (χ2n) is 6.06. The highest BCUT2D eigenvalue weighted by Crippen LogP contribution is 2.30. The Morgan fingerprint density at radius 3 is 2.55 bits per heavy atom. The Balaban J connectivity index is 2.15. The quantitative estimate of drug-likeness (QED) is 0.712. The molecule has 0 saturated carbocycles. The molecule has 22 heavy (non-hydrogen) atoms. The van der Waals surface area contributed by atoms with Gasteiger partial charge >= 0.3 is 5.97 Å². The molecule has 3 nitrogen and oxygen atoms in total. The molecule has 1 fully saturated rings. The number of hydrogen-bond acceptors (Lipinski definition) is 2. The number of aromatic carboxylic acids is 1. The SMILES string of the molecule is CC(C)CC(F)=C1CCN(c2cc(I)ccc2C(=O)O)CC1. The number of piperidine rings is 1. The highest BCUT2D eigenvalue weighted by molar-refractivity contribution is 14.1. The van der Waals surface area contributed by atoms with Crippen molar-refractivity contribution in [2.24, 2.45) is 5.92 Å². The van der Waals surface area contributed by atoms with E-state index in [1.807, 2.05) is 19.9 Å². The van der Waals surface area contributed by atoms with Gasteiger partial charge in [0.1, 0.15) is 0 Å². The predicted octanol–water partition coefficient (Wildman–Crippen LogP) is 4.86. The van der Waals surface area contributed by atoms with Crippen LogP contribution in [0.1, 0.15) is 43.5 Å². The van der Waals surface area contributed by atoms with Crippen LogP contribution in [-0.2, 0) is 0 Å². The second kappa shape index (κ2) is 7.44. The Morgan fingerprint density at radius 1 is 1.36 bits per heavy atom. The van der Waals surface area contributed by atoms with Crippen LogP contribution >= 0.6 is 22.6 Å². The van der Waals surface area contributed by atoms with Crippen LogP contribution in [0, 0.1) is 9.49 Å². The summed E-state index contributed by atoms with van der Waals surface area (Å²) in [5.41, 5.74) is 1.95. The summed E-state index contributed by atoms with van der Waals surface area (Å²) in [6.07, 6.45) is 1.84. The van der Waals surface area contributed by atoms with Crippen molar-refractivity contribution in [2.75, 3.05) is 18.0 Å². The van der Waals surface area contributed by atoms with E-state index in [9.17, 15) is 14.3 Å². The van der Waals surface area contributed by atoms with E-state index in [1.165, 1.54) is 0 Å². The molecule has 0 radical (unpaired) electrons. The molecule has 2 rings (SSSR count). The molecule has 0 bridgehead atoms. The lowest BCUT2D eigenvalue weighted by Crippen LogP contribution is -2.32. The molecule has 1 N–H and O–H groups in total. The van der Waals surface area contributed by atoms with Gasteiger partial charge in [0.25, 0.3) is 0 Å². The van der Waals surface area contributed by atoms with Gasteiger partial charge in [0.05, 0.1) is 17.1 Å². The Labute approximate surface area is 144 Å². The Hall–Kier alpha value is -1.11. The van der Waals surface area contributed by atoms with Crippen molar-refractivity contribution in [3.63, 3.8) is 0 Å². The first-order chi connectivity index (χ1) is 10.4. The number of carboxylic acids is 1. The minimum Gasteiger partial charge on any atom is -0.478 e. The summed E-state index contributed by atoms with van der Waals surface area (Å²) in [6, 6.07) is 5.33. The van der Waals surface area contributed by atoms with Crippen molar-refractivity contribution in [2.45, 2.75) is 33.1 Å². The maximum atomic E-state index is 14.1. The number of hydrogen-bond donors (Lipinski definition) is 1. The first-order valence-electron chi connectivity index (χ1n) is 7.52. The highest BCUT2D eigenvalue weighted by atomic mass is 127. The van der Waals surface area contributed by atoms with Gasteiger partial charge in [0.15, 0.2) is 0 Å². The van der Waals surface area contributed by atoms with Gasteiger partial charge in [0.2, 0.25) is 0 Å². The van der Waals surface area contributed by atoms with Crippen LogP contribution in [0.2, 0.25) is 0 Å². The third-order valence-electron chi connectivity index (χ3n) is 3.87. The van der Waals surface area contributed by atoms with E-state index in [2.05, 4.69) is 27.5 Å². The molecule has 5 heteroatoms. The van der Waals surface area contributed by atoms with Gasteiger partial charge in [-0.2, -0.15) is 0 Å². The van der Waals surface area contributed by atoms with E-state index in [1.54, 1.807) is 12.1 Å². The predicted molar refractivity (Wildman–Crippen MR) is 95.2 cm³/mol. The van der Waals surface area contributed by atoms with Crippen molar-refractivity contribution < 1.29 is 14.3 Å². The summed E-state index contributed by atoms with van der Waals surface area (Å²) in [7, 11) is 0. The van der Waals surface area contributed by atoms with Crippen LogP contribution in [0.4, 0.5) is 10.1 Å². The lowest BCUT2D eigenvalue weighted by molar-refractivity contribution is 0.0697. The van der Waals surface area contributed by atoms with E-state index >= 15 is 0 Å². The average Bonchev–Trinajstić information content (AvgIpc) is 2.46. The lowest BCUT2D eigenvalue weighted by Gasteiger charge is -2.32. The number of anilines is 1. The fourth-order valence-corrected chi connectivity index (χ4v) is 3.21. The van der Waals surface area contributed by atoms with Gasteiger partial charge in [-0.1, -0.05) is 13.8 Å². The van der Waals surface area contributed by atoms with Gasteiger partial charge in [-0.05, 0) is 65.1 Å². The fourth-order valence-electron chi connectivity index (χ4n) is 2.74. The normalized spacial score (nSPS) is 15.3. The van der Waals surface area contributed by atoms with E-state index in [4.69, 9.17) is 0 Å². The number of halogens is 2. The molecule has 0 aliphatic carbocycles. The molecule has 120 valence electrons. The third-order valence-corrected chi connectivity index (χ3v) is 4.54. The average molecular weight is 417 g/mol. The lowest BCUT2D eigenvalue weighted by atomic mass is 9.98. The van der Waals surface area contributed by atoms with Gasteiger partial charge < -0.3 is 10.0 Å². The summed E-state index contributed by atoms with van der Waals surface area (Å²) in [5.74, 6) is -0.575. The smallest absolute Gasteiger partial charge is 0.337 e. The van der Waals surface area contributed by atoms with Crippen molar-refractivity contribution >= 4 is 34.2 Å². The molecule has 0 amide bonds. The number of carboxylic acid groups (broad SMARTS) is 1. The summed E-state index contributed by atoms with van der Waals surface area (Å²) in [4.78, 5) is 13.4. The van der Waals surface area contributed by atoms with Crippen molar-refractivity contribution in [3.8, 4) is 0 Å². The monoisotopic (exact) mass is 417 g/mol. The number of carbonyl (C=O) groups is 1. The standard InChI is InChI=1S/C17H21FINO2/c1-11(2)9-15(18)12-5-7-20(8-6-12)16-10-13(19)3-4-14(16)17(21)22/h3-4,10-11H,5-9H2,1-2H3,(H,21,22). The molecular formula is C17H21FINO2. The van der Waals surface area contributed by atoms with Crippen molar-refractivity contribution in [1.29, 1.82) is 0 Å². The molecule has 1 heterocycles. The number of benzene rings is 1. The van der Waals surface area contributed by atoms with Crippen LogP contribution in [-0.4, -0.2) is 24.2 Å². The van der Waals surface area contributed by atoms with E-state index in [-0.39, 0.29) is 5.83 Å². The van der Waals surface area contributed by atoms with E-state index < -0.39 is 5.97 Å². The molecule has 0 unspecified atom stereocenters. The van der Waals surface area contributed by atoms with Crippen molar-refractivity contribution in [3.05, 3.63) is 38.7 Å². The van der Waals surface area contributed by atoms with Crippen LogP contribution in [0.3, 0.4) is 0 Å². The minimum absolute atomic E-state index is 0.0238. The number of allylic oxidation sites excluding steroid dienone is 1. The summed E-state index contributed by atoms with van der Waals surface area (Å²) in [6.45, 7) is 5.36. The maximum absolute atomic E-state index is 14.1. The van der Waals surface area contributed by atoms with Gasteiger partial charge in [0, 0.05) is 23.1 Å². The molecule has 1 aromatic carbocycles. The Kier molecular flexibility index (Phi) is 5.83. The molecule has 1 aliphatic heterocycles. The first-order valence-corrected chi connectivity index (χ1v) is 8.60. The Bertz CT molecular complexity index is 588. The second-order valence-corrected chi connectivity index (χ2v) is 7.31. The highest BCUT2D eigenvalue weighted by Gasteiger charge is 2.22. The van der Waals surface area contributed by atoms with Crippen molar-refractivity contribution in [1.82, 2.24) is 0 Å². The zero-order chi connectivity index (χ0) is 16.3. The van der Waals surface area contributed by atoms with E-state index in [0.717, 1.165) is 14.8 Å². The summed E-state index contributed by atoms with van der Waals surface area (Å²) in [5, 5.41) is 9.33. The minimum atomic E-state index is -0.918. The zero-order valence-electron chi connectivity index (χ0n) is 12.9. The number of nitrogens with zero attached hydrogens (tertiary/aromatic N) is 1. The summed E-state index contributed by atoms with van der Waals surface area (Å²) < 4.78 is 15.1. The van der Waals surface area contributed by atoms with Gasteiger partial charge in [-0.15, -0.1) is 0 Å². The van der Waals surface area contributed by atoms with Crippen LogP contribution in [0.15, 0.2) is 29.6 Å². The molecule has 1 saturated heterocycles.